The number of carbonyl (C=O) groups is 1. The van der Waals surface area contributed by atoms with Crippen LogP contribution in [0.25, 0.3) is 0 Å². The number of nitrogens with two attached hydrogens (primary N) is 1. The molecule has 15 heavy (non-hydrogen) atoms. The summed E-state index contributed by atoms with van der Waals surface area (Å²) >= 11 is 1.31. The van der Waals surface area contributed by atoms with Gasteiger partial charge in [0.25, 0.3) is 0 Å². The largest absolute Gasteiger partial charge is 0.340 e. The number of rotatable bonds is 1. The van der Waals surface area contributed by atoms with E-state index in [-0.39, 0.29) is 5.41 Å². The van der Waals surface area contributed by atoms with E-state index in [1.165, 1.54) is 18.4 Å². The second kappa shape index (κ2) is 4.11. The van der Waals surface area contributed by atoms with Crippen LogP contribution in [-0.4, -0.2) is 23.3 Å². The molecule has 3 N–H and O–H groups in total. The Morgan fingerprint density at radius 2 is 2.07 bits per heavy atom. The zero-order valence-electron chi connectivity index (χ0n) is 9.24. The molecule has 1 aromatic rings. The first-order valence-corrected chi connectivity index (χ1v) is 5.28. The summed E-state index contributed by atoms with van der Waals surface area (Å²) in [7, 11) is 1.51. The lowest BCUT2D eigenvalue weighted by Crippen LogP contribution is -2.43. The van der Waals surface area contributed by atoms with Gasteiger partial charge in [-0.2, -0.15) is 0 Å². The lowest BCUT2D eigenvalue weighted by molar-refractivity contribution is 0.248. The molecule has 0 aromatic carbocycles. The molecule has 0 saturated heterocycles. The number of nitrogens with zero attached hydrogens (tertiary/aromatic N) is 3. The topological polar surface area (TPSA) is 84.1 Å². The first kappa shape index (κ1) is 11.9. The van der Waals surface area contributed by atoms with E-state index in [2.05, 4.69) is 15.5 Å². The molecule has 0 radical (unpaired) electrons. The van der Waals surface area contributed by atoms with Gasteiger partial charge in [-0.25, -0.2) is 15.6 Å². The number of carbonyl (C=O) groups excluding carboxylic acids is 1. The second-order valence-electron chi connectivity index (χ2n) is 4.06. The zero-order chi connectivity index (χ0) is 11.6. The standard InChI is InChI=1S/C8H15N5OS/c1-8(2,3)5-11-12-7(15-5)13(9)6(14)10-4/h9H2,1-4H3,(H,10,14). The Bertz CT molecular complexity index is 356. The molecule has 1 heterocycles. The molecule has 6 nitrogen and oxygen atoms in total. The molecule has 0 aliphatic rings. The minimum Gasteiger partial charge on any atom is -0.340 e. The van der Waals surface area contributed by atoms with Gasteiger partial charge in [0.05, 0.1) is 0 Å². The molecule has 1 aromatic heterocycles. The van der Waals surface area contributed by atoms with Gasteiger partial charge in [0.15, 0.2) is 0 Å². The van der Waals surface area contributed by atoms with Crippen LogP contribution in [0.15, 0.2) is 0 Å². The van der Waals surface area contributed by atoms with Crippen LogP contribution in [0, 0.1) is 0 Å². The molecule has 7 heteroatoms. The molecule has 2 amide bonds. The van der Waals surface area contributed by atoms with Gasteiger partial charge in [0.2, 0.25) is 5.13 Å². The van der Waals surface area contributed by atoms with Crippen molar-refractivity contribution in [3.8, 4) is 0 Å². The fraction of sp³-hybridized carbons (Fsp3) is 0.625. The van der Waals surface area contributed by atoms with Gasteiger partial charge < -0.3 is 5.32 Å². The molecule has 0 saturated carbocycles. The predicted molar refractivity (Wildman–Crippen MR) is 59.7 cm³/mol. The Balaban J connectivity index is 2.89. The van der Waals surface area contributed by atoms with Crippen molar-refractivity contribution in [2.24, 2.45) is 5.84 Å². The van der Waals surface area contributed by atoms with E-state index in [1.807, 2.05) is 20.8 Å². The normalized spacial score (nSPS) is 11.3. The van der Waals surface area contributed by atoms with Crippen LogP contribution in [0.4, 0.5) is 9.93 Å². The van der Waals surface area contributed by atoms with Gasteiger partial charge in [-0.3, -0.25) is 0 Å². The lowest BCUT2D eigenvalue weighted by Gasteiger charge is -2.13. The Morgan fingerprint density at radius 1 is 1.47 bits per heavy atom. The Hall–Kier alpha value is -1.21. The molecule has 0 unspecified atom stereocenters. The van der Waals surface area contributed by atoms with Crippen molar-refractivity contribution in [1.29, 1.82) is 0 Å². The summed E-state index contributed by atoms with van der Waals surface area (Å²) in [6.07, 6.45) is 0. The number of anilines is 1. The maximum Gasteiger partial charge on any atom is 0.338 e. The van der Waals surface area contributed by atoms with Crippen LogP contribution in [0.3, 0.4) is 0 Å². The van der Waals surface area contributed by atoms with Crippen LogP contribution in [-0.2, 0) is 5.41 Å². The van der Waals surface area contributed by atoms with Crippen LogP contribution in [0.2, 0.25) is 0 Å². The fourth-order valence-electron chi connectivity index (χ4n) is 0.823. The predicted octanol–water partition coefficient (Wildman–Crippen LogP) is 0.855. The second-order valence-corrected chi connectivity index (χ2v) is 5.02. The summed E-state index contributed by atoms with van der Waals surface area (Å²) in [6, 6.07) is -0.411. The molecule has 0 spiro atoms. The van der Waals surface area contributed by atoms with Crippen molar-refractivity contribution >= 4 is 22.5 Å². The summed E-state index contributed by atoms with van der Waals surface area (Å²) in [5.41, 5.74) is -0.0839. The van der Waals surface area contributed by atoms with Gasteiger partial charge in [0, 0.05) is 12.5 Å². The summed E-state index contributed by atoms with van der Waals surface area (Å²) < 4.78 is 0. The molecule has 1 rings (SSSR count). The number of hydrazine groups is 1. The first-order valence-electron chi connectivity index (χ1n) is 4.46. The third-order valence-corrected chi connectivity index (χ3v) is 3.04. The maximum atomic E-state index is 11.2. The van der Waals surface area contributed by atoms with Gasteiger partial charge in [-0.15, -0.1) is 10.2 Å². The third kappa shape index (κ3) is 2.63. The van der Waals surface area contributed by atoms with E-state index in [1.54, 1.807) is 0 Å². The minimum atomic E-state index is -0.411. The molecular formula is C8H15N5OS. The quantitative estimate of drug-likeness (QED) is 0.425. The zero-order valence-corrected chi connectivity index (χ0v) is 10.1. The van der Waals surface area contributed by atoms with E-state index in [9.17, 15) is 4.79 Å². The molecule has 0 aliphatic carbocycles. The van der Waals surface area contributed by atoms with Crippen molar-refractivity contribution in [2.75, 3.05) is 12.1 Å². The van der Waals surface area contributed by atoms with Crippen molar-refractivity contribution in [2.45, 2.75) is 26.2 Å². The number of nitrogens with one attached hydrogen (secondary N) is 1. The van der Waals surface area contributed by atoms with E-state index >= 15 is 0 Å². The van der Waals surface area contributed by atoms with Crippen LogP contribution in [0.5, 0.6) is 0 Å². The van der Waals surface area contributed by atoms with Gasteiger partial charge in [-0.1, -0.05) is 32.1 Å². The average Bonchev–Trinajstić information content (AvgIpc) is 2.63. The Labute approximate surface area is 92.5 Å². The van der Waals surface area contributed by atoms with Crippen LogP contribution < -0.4 is 16.2 Å². The average molecular weight is 229 g/mol. The van der Waals surface area contributed by atoms with Crippen molar-refractivity contribution in [3.05, 3.63) is 5.01 Å². The van der Waals surface area contributed by atoms with Crippen LogP contribution in [0.1, 0.15) is 25.8 Å². The van der Waals surface area contributed by atoms with Crippen molar-refractivity contribution in [3.63, 3.8) is 0 Å². The lowest BCUT2D eigenvalue weighted by atomic mass is 9.98. The number of hydrogen-bond acceptors (Lipinski definition) is 5. The number of hydrogen-bond donors (Lipinski definition) is 2. The number of amides is 2. The summed E-state index contributed by atoms with van der Waals surface area (Å²) in [5.74, 6) is 5.53. The van der Waals surface area contributed by atoms with Gasteiger partial charge in [-0.05, 0) is 0 Å². The SMILES string of the molecule is CNC(=O)N(N)c1nnc(C(C)(C)C)s1. The highest BCUT2D eigenvalue weighted by atomic mass is 32.1. The highest BCUT2D eigenvalue weighted by Gasteiger charge is 2.22. The smallest absolute Gasteiger partial charge is 0.338 e. The molecular weight excluding hydrogens is 214 g/mol. The van der Waals surface area contributed by atoms with E-state index in [4.69, 9.17) is 5.84 Å². The summed E-state index contributed by atoms with van der Waals surface area (Å²) in [4.78, 5) is 11.2. The minimum absolute atomic E-state index is 0.0839. The fourth-order valence-corrected chi connectivity index (χ4v) is 1.65. The molecule has 0 aliphatic heterocycles. The van der Waals surface area contributed by atoms with E-state index < -0.39 is 6.03 Å². The maximum absolute atomic E-state index is 11.2. The number of urea groups is 1. The van der Waals surface area contributed by atoms with Gasteiger partial charge >= 0.3 is 6.03 Å². The van der Waals surface area contributed by atoms with Crippen molar-refractivity contribution in [1.82, 2.24) is 15.5 Å². The Morgan fingerprint density at radius 3 is 2.47 bits per heavy atom. The van der Waals surface area contributed by atoms with E-state index in [0.29, 0.717) is 5.13 Å². The highest BCUT2D eigenvalue weighted by molar-refractivity contribution is 7.15. The van der Waals surface area contributed by atoms with Gasteiger partial charge in [0.1, 0.15) is 5.01 Å². The monoisotopic (exact) mass is 229 g/mol. The summed E-state index contributed by atoms with van der Waals surface area (Å²) in [6.45, 7) is 6.08. The third-order valence-electron chi connectivity index (χ3n) is 1.69. The molecule has 0 fully saturated rings. The van der Waals surface area contributed by atoms with Crippen LogP contribution >= 0.6 is 11.3 Å². The van der Waals surface area contributed by atoms with E-state index in [0.717, 1.165) is 10.0 Å². The molecule has 0 bridgehead atoms. The Kier molecular flexibility index (Phi) is 3.25. The molecule has 84 valence electrons. The van der Waals surface area contributed by atoms with Crippen molar-refractivity contribution < 1.29 is 4.79 Å². The highest BCUT2D eigenvalue weighted by Crippen LogP contribution is 2.28. The number of aromatic nitrogens is 2. The molecule has 0 atom stereocenters. The summed E-state index contributed by atoms with van der Waals surface area (Å²) in [5, 5.41) is 12.4. The first-order chi connectivity index (χ1) is 6.86.